The van der Waals surface area contributed by atoms with E-state index in [0.29, 0.717) is 34.2 Å². The van der Waals surface area contributed by atoms with Crippen LogP contribution in [0.1, 0.15) is 78.9 Å². The molecule has 9 rings (SSSR count). The zero-order valence-electron chi connectivity index (χ0n) is 35.0. The molecule has 2 aliphatic heterocycles. The summed E-state index contributed by atoms with van der Waals surface area (Å²) in [5.41, 5.74) is 8.41. The van der Waals surface area contributed by atoms with Crippen molar-refractivity contribution in [3.8, 4) is 38.7 Å². The van der Waals surface area contributed by atoms with Crippen LogP contribution < -0.4 is 10.2 Å². The lowest BCUT2D eigenvalue weighted by Gasteiger charge is -2.29. The standard InChI is InChI=1S/C46H47N9O5S2/c1-24(2)40(45(59)55-22-32(56)16-37(55)43(58)50-26(4)28-10-12-29(13-11-28)42-27(5)49-23-61-42)39-18-35(53-60-39)31-19-47-46(48-20-31)54-15-14-30(21-54)41-25(3)34-17-36(51-52-44(34)62-41)33-8-6-7-9-38(33)57/h6-13,17-20,23-24,26,30,32,37,40,56-57H,14-16,21-22H2,1-5H3,(H,50,58)/t26-,30+,32+,37-,40+/m0/s1. The number of nitrogens with one attached hydrogen (secondary N) is 1. The van der Waals surface area contributed by atoms with Gasteiger partial charge in [0.25, 0.3) is 0 Å². The molecule has 5 aromatic heterocycles. The van der Waals surface area contributed by atoms with Crippen LogP contribution in [0.5, 0.6) is 5.75 Å². The van der Waals surface area contributed by atoms with Gasteiger partial charge in [0.15, 0.2) is 0 Å². The summed E-state index contributed by atoms with van der Waals surface area (Å²) in [6.07, 6.45) is 3.68. The summed E-state index contributed by atoms with van der Waals surface area (Å²) in [6.45, 7) is 11.5. The van der Waals surface area contributed by atoms with Crippen LogP contribution in [0.2, 0.25) is 0 Å². The van der Waals surface area contributed by atoms with E-state index in [2.05, 4.69) is 37.5 Å². The molecule has 2 saturated heterocycles. The van der Waals surface area contributed by atoms with Crippen LogP contribution in [-0.4, -0.2) is 89.0 Å². The van der Waals surface area contributed by atoms with E-state index in [9.17, 15) is 19.8 Å². The summed E-state index contributed by atoms with van der Waals surface area (Å²) < 4.78 is 5.83. The number of aliphatic hydroxyl groups is 1. The van der Waals surface area contributed by atoms with Crippen LogP contribution >= 0.6 is 22.7 Å². The number of aryl methyl sites for hydroxylation is 2. The second-order valence-corrected chi connectivity index (χ2v) is 18.5. The smallest absolute Gasteiger partial charge is 0.243 e. The maximum atomic E-state index is 14.3. The molecule has 2 amide bonds. The first kappa shape index (κ1) is 41.3. The third kappa shape index (κ3) is 7.93. The zero-order valence-corrected chi connectivity index (χ0v) is 36.7. The van der Waals surface area contributed by atoms with Gasteiger partial charge in [-0.25, -0.2) is 15.0 Å². The Morgan fingerprint density at radius 3 is 2.44 bits per heavy atom. The Balaban J connectivity index is 0.852. The number of thiazole rings is 1. The summed E-state index contributed by atoms with van der Waals surface area (Å²) in [5, 5.41) is 38.5. The Kier molecular flexibility index (Phi) is 11.3. The van der Waals surface area contributed by atoms with E-state index in [0.717, 1.165) is 51.4 Å². The number of benzene rings is 2. The van der Waals surface area contributed by atoms with Crippen molar-refractivity contribution in [2.45, 2.75) is 77.5 Å². The number of aromatic hydroxyl groups is 1. The second kappa shape index (κ2) is 17.0. The number of phenols is 1. The van der Waals surface area contributed by atoms with Gasteiger partial charge in [0.2, 0.25) is 17.8 Å². The van der Waals surface area contributed by atoms with Crippen molar-refractivity contribution < 1.29 is 24.3 Å². The van der Waals surface area contributed by atoms with Gasteiger partial charge in [-0.05, 0) is 68.0 Å². The third-order valence-electron chi connectivity index (χ3n) is 12.1. The normalized spacial score (nSPS) is 18.8. The van der Waals surface area contributed by atoms with Crippen molar-refractivity contribution in [2.24, 2.45) is 5.92 Å². The molecule has 2 aliphatic rings. The van der Waals surface area contributed by atoms with E-state index in [1.54, 1.807) is 53.3 Å². The minimum Gasteiger partial charge on any atom is -0.507 e. The number of rotatable bonds is 11. The number of fused-ring (bicyclic) bond motifs is 1. The molecule has 7 heterocycles. The quantitative estimate of drug-likeness (QED) is 0.115. The number of anilines is 1. The maximum absolute atomic E-state index is 14.3. The van der Waals surface area contributed by atoms with Crippen LogP contribution in [0.4, 0.5) is 5.95 Å². The topological polar surface area (TPSA) is 184 Å². The van der Waals surface area contributed by atoms with Gasteiger partial charge in [0, 0.05) is 71.8 Å². The van der Waals surface area contributed by atoms with Crippen molar-refractivity contribution in [1.82, 2.24) is 40.5 Å². The Bertz CT molecular complexity index is 2750. The predicted molar refractivity (Wildman–Crippen MR) is 239 cm³/mol. The number of phenolic OH excluding ortho intramolecular Hbond substituents is 1. The SMILES string of the molecule is Cc1ncsc1-c1ccc([C@H](C)NC(=O)[C@@H]2C[C@@H](O)CN2C(=O)[C@@H](c2cc(-c3cnc(N4CC[C@@H](c5sc6nnc(-c7ccccc7O)cc6c5C)C4)nc3)no2)C(C)C)cc1. The number of thiophene rings is 1. The molecule has 7 aromatic rings. The van der Waals surface area contributed by atoms with Crippen molar-refractivity contribution in [1.29, 1.82) is 0 Å². The third-order valence-corrected chi connectivity index (χ3v) is 14.4. The van der Waals surface area contributed by atoms with E-state index >= 15 is 0 Å². The highest BCUT2D eigenvalue weighted by Gasteiger charge is 2.43. The lowest BCUT2D eigenvalue weighted by Crippen LogP contribution is -2.48. The molecule has 3 N–H and O–H groups in total. The van der Waals surface area contributed by atoms with Crippen LogP contribution in [0, 0.1) is 19.8 Å². The van der Waals surface area contributed by atoms with Crippen LogP contribution in [0.3, 0.4) is 0 Å². The first-order valence-corrected chi connectivity index (χ1v) is 22.5. The van der Waals surface area contributed by atoms with Gasteiger partial charge >= 0.3 is 0 Å². The molecule has 0 bridgehead atoms. The Hall–Kier alpha value is -6.10. The van der Waals surface area contributed by atoms with Gasteiger partial charge in [0.1, 0.15) is 34.0 Å². The monoisotopic (exact) mass is 869 g/mol. The van der Waals surface area contributed by atoms with E-state index in [4.69, 9.17) is 14.5 Å². The maximum Gasteiger partial charge on any atom is 0.243 e. The minimum atomic E-state index is -0.840. The first-order chi connectivity index (χ1) is 29.9. The van der Waals surface area contributed by atoms with Crippen molar-refractivity contribution in [3.63, 3.8) is 0 Å². The van der Waals surface area contributed by atoms with E-state index in [1.165, 1.54) is 15.3 Å². The first-order valence-electron chi connectivity index (χ1n) is 20.8. The Labute approximate surface area is 366 Å². The molecule has 14 nitrogen and oxygen atoms in total. The number of amides is 2. The average molecular weight is 870 g/mol. The molecule has 5 atom stereocenters. The van der Waals surface area contributed by atoms with Crippen LogP contribution in [-0.2, 0) is 9.59 Å². The average Bonchev–Trinajstić information content (AvgIpc) is 4.13. The van der Waals surface area contributed by atoms with E-state index < -0.39 is 18.1 Å². The van der Waals surface area contributed by atoms with Crippen LogP contribution in [0.15, 0.2) is 83.1 Å². The summed E-state index contributed by atoms with van der Waals surface area (Å²) >= 11 is 3.25. The van der Waals surface area contributed by atoms with Gasteiger partial charge in [-0.2, -0.15) is 0 Å². The van der Waals surface area contributed by atoms with Gasteiger partial charge in [-0.1, -0.05) is 55.4 Å². The highest BCUT2D eigenvalue weighted by atomic mass is 32.1. The number of hydrogen-bond donors (Lipinski definition) is 3. The van der Waals surface area contributed by atoms with Gasteiger partial charge in [-0.3, -0.25) is 9.59 Å². The Morgan fingerprint density at radius 1 is 0.935 bits per heavy atom. The van der Waals surface area contributed by atoms with Gasteiger partial charge < -0.3 is 29.9 Å². The van der Waals surface area contributed by atoms with Gasteiger partial charge in [0.05, 0.1) is 33.9 Å². The lowest BCUT2D eigenvalue weighted by atomic mass is 9.91. The lowest BCUT2D eigenvalue weighted by molar-refractivity contribution is -0.141. The molecule has 0 spiro atoms. The predicted octanol–water partition coefficient (Wildman–Crippen LogP) is 7.82. The fourth-order valence-electron chi connectivity index (χ4n) is 8.71. The summed E-state index contributed by atoms with van der Waals surface area (Å²) in [6, 6.07) is 17.8. The number of aromatic nitrogens is 6. The van der Waals surface area contributed by atoms with E-state index in [-0.39, 0.29) is 48.4 Å². The minimum absolute atomic E-state index is 0.0439. The number of β-amino-alcohol motifs (C(OH)–C–C–N with tert-alkyl or cyclic N) is 1. The number of para-hydroxylation sites is 1. The summed E-state index contributed by atoms with van der Waals surface area (Å²) in [4.78, 5) is 48.7. The fourth-order valence-corrected chi connectivity index (χ4v) is 10.8. The van der Waals surface area contributed by atoms with Crippen molar-refractivity contribution in [3.05, 3.63) is 106 Å². The largest absolute Gasteiger partial charge is 0.507 e. The molecule has 0 aliphatic carbocycles. The fraction of sp³-hybridized carbons (Fsp3) is 0.348. The molecular weight excluding hydrogens is 823 g/mol. The molecule has 16 heteroatoms. The van der Waals surface area contributed by atoms with Crippen molar-refractivity contribution in [2.75, 3.05) is 24.5 Å². The molecular formula is C46H47N9O5S2. The highest BCUT2D eigenvalue weighted by Crippen LogP contribution is 2.41. The number of hydrogen-bond acceptors (Lipinski definition) is 14. The Morgan fingerprint density at radius 2 is 1.71 bits per heavy atom. The van der Waals surface area contributed by atoms with E-state index in [1.807, 2.05) is 75.7 Å². The van der Waals surface area contributed by atoms with Gasteiger partial charge in [-0.15, -0.1) is 32.9 Å². The number of carbonyl (C=O) groups is 2. The number of carbonyl (C=O) groups excluding carboxylic acids is 2. The highest BCUT2D eigenvalue weighted by molar-refractivity contribution is 7.19. The molecule has 318 valence electrons. The number of nitrogens with zero attached hydrogens (tertiary/aromatic N) is 8. The molecule has 0 unspecified atom stereocenters. The molecule has 2 aromatic carbocycles. The number of likely N-dealkylation sites (tertiary alicyclic amines) is 1. The number of aliphatic hydroxyl groups excluding tert-OH is 1. The summed E-state index contributed by atoms with van der Waals surface area (Å²) in [7, 11) is 0. The molecule has 62 heavy (non-hydrogen) atoms. The molecule has 2 fully saturated rings. The van der Waals surface area contributed by atoms with Crippen LogP contribution in [0.25, 0.3) is 43.2 Å². The second-order valence-electron chi connectivity index (χ2n) is 16.6. The molecule has 0 saturated carbocycles. The zero-order chi connectivity index (χ0) is 43.2. The molecule has 0 radical (unpaired) electrons. The van der Waals surface area contributed by atoms with Crippen molar-refractivity contribution >= 4 is 50.7 Å². The summed E-state index contributed by atoms with van der Waals surface area (Å²) in [5.74, 6) is -0.119.